The van der Waals surface area contributed by atoms with E-state index >= 15 is 0 Å². The lowest BCUT2D eigenvalue weighted by atomic mass is 10.1. The number of nitrogens with one attached hydrogen (secondary N) is 1. The van der Waals surface area contributed by atoms with Crippen molar-refractivity contribution in [2.45, 2.75) is 24.9 Å². The van der Waals surface area contributed by atoms with Crippen molar-refractivity contribution in [1.29, 1.82) is 0 Å². The first-order valence-electron chi connectivity index (χ1n) is 9.67. The molecule has 152 valence electrons. The Kier molecular flexibility index (Phi) is 4.84. The van der Waals surface area contributed by atoms with E-state index in [-0.39, 0.29) is 29.2 Å². The number of likely N-dealkylation sites (tertiary alicyclic amines) is 1. The number of anilines is 1. The van der Waals surface area contributed by atoms with Crippen LogP contribution in [0.15, 0.2) is 65.0 Å². The average Bonchev–Trinajstić information content (AvgIpc) is 2.96. The molecule has 3 heterocycles. The monoisotopic (exact) mass is 394 g/mol. The van der Waals surface area contributed by atoms with Gasteiger partial charge in [-0.2, -0.15) is 0 Å². The lowest BCUT2D eigenvalue weighted by Gasteiger charge is -2.44. The molecule has 0 aliphatic carbocycles. The maximum atomic E-state index is 11.7. The summed E-state index contributed by atoms with van der Waals surface area (Å²) in [6.07, 6.45) is 5.48. The predicted octanol–water partition coefficient (Wildman–Crippen LogP) is 0.820. The van der Waals surface area contributed by atoms with Gasteiger partial charge in [0.15, 0.2) is 0 Å². The molecule has 0 amide bonds. The van der Waals surface area contributed by atoms with Crippen molar-refractivity contribution in [3.63, 3.8) is 0 Å². The first-order chi connectivity index (χ1) is 13.9. The van der Waals surface area contributed by atoms with Gasteiger partial charge in [-0.05, 0) is 37.1 Å². The van der Waals surface area contributed by atoms with Gasteiger partial charge in [0.05, 0.1) is 5.70 Å². The number of nitrogens with two attached hydrogens (primary N) is 3. The Morgan fingerprint density at radius 2 is 1.79 bits per heavy atom. The van der Waals surface area contributed by atoms with Crippen LogP contribution in [0, 0.1) is 0 Å². The third-order valence-corrected chi connectivity index (χ3v) is 5.68. The van der Waals surface area contributed by atoms with Gasteiger partial charge >= 0.3 is 0 Å². The van der Waals surface area contributed by atoms with Crippen molar-refractivity contribution < 1.29 is 5.11 Å². The van der Waals surface area contributed by atoms with Gasteiger partial charge in [0.1, 0.15) is 11.6 Å². The summed E-state index contributed by atoms with van der Waals surface area (Å²) in [7, 11) is 0. The van der Waals surface area contributed by atoms with Crippen LogP contribution in [0.2, 0.25) is 0 Å². The molecule has 2 saturated heterocycles. The summed E-state index contributed by atoms with van der Waals surface area (Å²) < 4.78 is 0. The second-order valence-electron chi connectivity index (χ2n) is 7.57. The fourth-order valence-electron chi connectivity index (χ4n) is 4.42. The predicted molar refractivity (Wildman–Crippen MR) is 114 cm³/mol. The highest BCUT2D eigenvalue weighted by Crippen LogP contribution is 2.36. The molecule has 0 radical (unpaired) electrons. The number of rotatable bonds is 4. The molecule has 29 heavy (non-hydrogen) atoms. The van der Waals surface area contributed by atoms with Crippen LogP contribution in [0.3, 0.4) is 0 Å². The Balaban J connectivity index is 1.60. The molecular formula is C21H26N6O2. The number of nitrogens with zero attached hydrogens (tertiary/aromatic N) is 2. The number of hydrogen-bond acceptors (Lipinski definition) is 7. The van der Waals surface area contributed by atoms with Crippen molar-refractivity contribution in [2.24, 2.45) is 17.2 Å². The molecule has 2 aliphatic heterocycles. The second-order valence-corrected chi connectivity index (χ2v) is 7.57. The molecule has 1 aromatic carbocycles. The SMILES string of the molecule is NC(N)=C(/C=C(\N)c1ccccc1O)N1CC2CCC(C1)N2c1cc[nH]c(=O)c1. The maximum Gasteiger partial charge on any atom is 0.249 e. The number of phenols is 1. The van der Waals surface area contributed by atoms with Crippen molar-refractivity contribution in [2.75, 3.05) is 18.0 Å². The van der Waals surface area contributed by atoms with Crippen LogP contribution in [0.4, 0.5) is 5.69 Å². The van der Waals surface area contributed by atoms with Crippen LogP contribution in [-0.2, 0) is 0 Å². The third-order valence-electron chi connectivity index (χ3n) is 5.68. The number of allylic oxidation sites excluding steroid dienone is 1. The first-order valence-corrected chi connectivity index (χ1v) is 9.67. The number of H-pyrrole nitrogens is 1. The highest BCUT2D eigenvalue weighted by molar-refractivity contribution is 5.70. The van der Waals surface area contributed by atoms with Crippen LogP contribution < -0.4 is 27.7 Å². The molecule has 8 N–H and O–H groups in total. The Morgan fingerprint density at radius 3 is 2.41 bits per heavy atom. The summed E-state index contributed by atoms with van der Waals surface area (Å²) in [6, 6.07) is 11.0. The third kappa shape index (κ3) is 3.61. The fourth-order valence-corrected chi connectivity index (χ4v) is 4.42. The minimum Gasteiger partial charge on any atom is -0.507 e. The Hall–Kier alpha value is -3.55. The normalized spacial score (nSPS) is 21.3. The zero-order chi connectivity index (χ0) is 20.5. The number of hydrogen-bond donors (Lipinski definition) is 5. The van der Waals surface area contributed by atoms with E-state index in [2.05, 4.69) is 14.8 Å². The molecule has 2 fully saturated rings. The van der Waals surface area contributed by atoms with E-state index in [9.17, 15) is 9.90 Å². The van der Waals surface area contributed by atoms with Crippen LogP contribution >= 0.6 is 0 Å². The van der Waals surface area contributed by atoms with E-state index in [4.69, 9.17) is 17.2 Å². The number of para-hydroxylation sites is 1. The standard InChI is InChI=1S/C21H26N6O2/c22-17(16-3-1-2-4-19(16)28)10-18(21(23)24)26-11-14-5-6-15(12-26)27(14)13-7-8-25-20(29)9-13/h1-4,7-10,14-15,28H,5-6,11-12,22-24H2,(H,25,29)/b17-10-. The highest BCUT2D eigenvalue weighted by atomic mass is 16.3. The molecule has 8 heteroatoms. The summed E-state index contributed by atoms with van der Waals surface area (Å²) >= 11 is 0. The highest BCUT2D eigenvalue weighted by Gasteiger charge is 2.40. The van der Waals surface area contributed by atoms with E-state index in [1.165, 1.54) is 0 Å². The Bertz CT molecular complexity index is 1010. The minimum absolute atomic E-state index is 0.102. The number of aromatic amines is 1. The molecule has 4 rings (SSSR count). The molecule has 2 atom stereocenters. The molecule has 0 saturated carbocycles. The van der Waals surface area contributed by atoms with E-state index in [1.807, 2.05) is 12.1 Å². The van der Waals surface area contributed by atoms with Crippen LogP contribution in [0.5, 0.6) is 5.75 Å². The van der Waals surface area contributed by atoms with Crippen LogP contribution in [-0.4, -0.2) is 40.2 Å². The summed E-state index contributed by atoms with van der Waals surface area (Å²) in [6.45, 7) is 1.45. The molecule has 2 bridgehead atoms. The van der Waals surface area contributed by atoms with Gasteiger partial charge in [0, 0.05) is 54.4 Å². The van der Waals surface area contributed by atoms with E-state index in [0.717, 1.165) is 31.6 Å². The molecule has 2 aliphatic rings. The van der Waals surface area contributed by atoms with Crippen molar-refractivity contribution >= 4 is 11.4 Å². The molecule has 2 aromatic rings. The molecule has 8 nitrogen and oxygen atoms in total. The topological polar surface area (TPSA) is 138 Å². The van der Waals surface area contributed by atoms with Gasteiger partial charge < -0.3 is 37.1 Å². The Morgan fingerprint density at radius 1 is 1.10 bits per heavy atom. The first kappa shape index (κ1) is 18.8. The summed E-state index contributed by atoms with van der Waals surface area (Å²) in [5.41, 5.74) is 20.7. The number of phenolic OH excluding ortho intramolecular Hbond substituents is 1. The van der Waals surface area contributed by atoms with Gasteiger partial charge in [-0.15, -0.1) is 0 Å². The lowest BCUT2D eigenvalue weighted by Crippen LogP contribution is -2.54. The van der Waals surface area contributed by atoms with E-state index < -0.39 is 0 Å². The van der Waals surface area contributed by atoms with Gasteiger partial charge in [-0.1, -0.05) is 12.1 Å². The maximum absolute atomic E-state index is 11.7. The van der Waals surface area contributed by atoms with E-state index in [1.54, 1.807) is 36.5 Å². The average molecular weight is 394 g/mol. The molecule has 1 aromatic heterocycles. The summed E-state index contributed by atoms with van der Waals surface area (Å²) in [5.74, 6) is 0.294. The van der Waals surface area contributed by atoms with E-state index in [0.29, 0.717) is 17.0 Å². The summed E-state index contributed by atoms with van der Waals surface area (Å²) in [5, 5.41) is 10.1. The zero-order valence-corrected chi connectivity index (χ0v) is 16.1. The van der Waals surface area contributed by atoms with Gasteiger partial charge in [-0.25, -0.2) is 0 Å². The Labute approximate surface area is 168 Å². The number of benzene rings is 1. The lowest BCUT2D eigenvalue weighted by molar-refractivity contribution is 0.277. The van der Waals surface area contributed by atoms with Crippen LogP contribution in [0.25, 0.3) is 5.70 Å². The largest absolute Gasteiger partial charge is 0.507 e. The number of piperazine rings is 1. The zero-order valence-electron chi connectivity index (χ0n) is 16.1. The quantitative estimate of drug-likeness (QED) is 0.484. The van der Waals surface area contributed by atoms with Gasteiger partial charge in [0.25, 0.3) is 0 Å². The fraction of sp³-hybridized carbons (Fsp3) is 0.286. The number of fused-ring (bicyclic) bond motifs is 2. The van der Waals surface area contributed by atoms with Crippen LogP contribution in [0.1, 0.15) is 18.4 Å². The smallest absolute Gasteiger partial charge is 0.249 e. The van der Waals surface area contributed by atoms with Gasteiger partial charge in [0.2, 0.25) is 5.56 Å². The van der Waals surface area contributed by atoms with Crippen molar-refractivity contribution in [3.8, 4) is 5.75 Å². The van der Waals surface area contributed by atoms with Crippen molar-refractivity contribution in [3.05, 3.63) is 76.1 Å². The second kappa shape index (κ2) is 7.46. The number of pyridine rings is 1. The minimum atomic E-state index is -0.102. The molecule has 2 unspecified atom stereocenters. The van der Waals surface area contributed by atoms with Crippen molar-refractivity contribution in [1.82, 2.24) is 9.88 Å². The molecular weight excluding hydrogens is 368 g/mol. The summed E-state index contributed by atoms with van der Waals surface area (Å²) in [4.78, 5) is 18.9. The molecule has 0 spiro atoms. The number of aromatic nitrogens is 1. The number of aromatic hydroxyl groups is 1. The van der Waals surface area contributed by atoms with Gasteiger partial charge in [-0.3, -0.25) is 4.79 Å².